The molecule has 1 aliphatic heterocycles. The summed E-state index contributed by atoms with van der Waals surface area (Å²) in [6, 6.07) is 6.88. The van der Waals surface area contributed by atoms with Crippen LogP contribution in [0.1, 0.15) is 19.4 Å². The summed E-state index contributed by atoms with van der Waals surface area (Å²) in [5, 5.41) is 0. The van der Waals surface area contributed by atoms with Gasteiger partial charge in [-0.2, -0.15) is 4.31 Å². The van der Waals surface area contributed by atoms with Crippen LogP contribution < -0.4 is 5.73 Å². The third kappa shape index (κ3) is 2.97. The molecule has 0 spiro atoms. The highest BCUT2D eigenvalue weighted by Crippen LogP contribution is 2.23. The van der Waals surface area contributed by atoms with Crippen LogP contribution in [0.15, 0.2) is 29.2 Å². The molecule has 0 radical (unpaired) electrons. The first-order chi connectivity index (χ1) is 8.95. The smallest absolute Gasteiger partial charge is 0.243 e. The van der Waals surface area contributed by atoms with Gasteiger partial charge in [0.05, 0.1) is 17.1 Å². The van der Waals surface area contributed by atoms with Gasteiger partial charge in [0.15, 0.2) is 0 Å². The van der Waals surface area contributed by atoms with Gasteiger partial charge in [0, 0.05) is 19.6 Å². The lowest BCUT2D eigenvalue weighted by molar-refractivity contribution is -0.0441. The molecule has 2 atom stereocenters. The molecule has 2 N–H and O–H groups in total. The highest BCUT2D eigenvalue weighted by atomic mass is 32.2. The molecule has 0 saturated carbocycles. The number of hydrogen-bond donors (Lipinski definition) is 1. The van der Waals surface area contributed by atoms with Gasteiger partial charge in [-0.15, -0.1) is 0 Å². The van der Waals surface area contributed by atoms with Crippen molar-refractivity contribution in [2.75, 3.05) is 13.1 Å². The molecule has 1 aromatic carbocycles. The predicted molar refractivity (Wildman–Crippen MR) is 73.1 cm³/mol. The van der Waals surface area contributed by atoms with E-state index in [1.54, 1.807) is 24.3 Å². The maximum absolute atomic E-state index is 12.7. The summed E-state index contributed by atoms with van der Waals surface area (Å²) < 4.78 is 32.4. The second kappa shape index (κ2) is 5.58. The zero-order valence-corrected chi connectivity index (χ0v) is 12.1. The molecule has 1 saturated heterocycles. The summed E-state index contributed by atoms with van der Waals surface area (Å²) in [5.74, 6) is 0. The highest BCUT2D eigenvalue weighted by molar-refractivity contribution is 7.89. The minimum absolute atomic E-state index is 0.0939. The number of morpholine rings is 1. The fraction of sp³-hybridized carbons (Fsp3) is 0.538. The summed E-state index contributed by atoms with van der Waals surface area (Å²) in [6.07, 6.45) is -0.188. The number of nitrogens with zero attached hydrogens (tertiary/aromatic N) is 1. The van der Waals surface area contributed by atoms with Crippen molar-refractivity contribution in [1.82, 2.24) is 4.31 Å². The molecule has 1 aliphatic rings. The van der Waals surface area contributed by atoms with Gasteiger partial charge in [0.1, 0.15) is 0 Å². The number of nitrogens with two attached hydrogens (primary N) is 1. The summed E-state index contributed by atoms with van der Waals surface area (Å²) in [5.41, 5.74) is 6.27. The largest absolute Gasteiger partial charge is 0.373 e. The molecule has 5 nitrogen and oxygen atoms in total. The van der Waals surface area contributed by atoms with Crippen molar-refractivity contribution in [2.24, 2.45) is 5.73 Å². The minimum atomic E-state index is -3.50. The Morgan fingerprint density at radius 3 is 2.42 bits per heavy atom. The van der Waals surface area contributed by atoms with E-state index in [9.17, 15) is 8.42 Å². The second-order valence-electron chi connectivity index (χ2n) is 4.89. The van der Waals surface area contributed by atoms with E-state index >= 15 is 0 Å². The lowest BCUT2D eigenvalue weighted by Crippen LogP contribution is -2.48. The predicted octanol–water partition coefficient (Wildman–Crippen LogP) is 0.943. The zero-order valence-electron chi connectivity index (χ0n) is 11.2. The quantitative estimate of drug-likeness (QED) is 0.896. The summed E-state index contributed by atoms with van der Waals surface area (Å²) in [4.78, 5) is 0.304. The summed E-state index contributed by atoms with van der Waals surface area (Å²) in [7, 11) is -3.50. The maximum Gasteiger partial charge on any atom is 0.243 e. The molecule has 1 fully saturated rings. The van der Waals surface area contributed by atoms with Crippen LogP contribution in [0, 0.1) is 0 Å². The Kier molecular flexibility index (Phi) is 4.25. The third-order valence-corrected chi connectivity index (χ3v) is 5.13. The second-order valence-corrected chi connectivity index (χ2v) is 6.80. The standard InChI is InChI=1S/C13H20N2O3S/c1-10-8-15(9-11(2)18-10)19(16,17)13-6-4-3-5-12(13)7-14/h3-6,10-11H,7-9,14H2,1-2H3. The van der Waals surface area contributed by atoms with Crippen LogP contribution in [-0.2, 0) is 21.3 Å². The first-order valence-electron chi connectivity index (χ1n) is 6.38. The molecule has 1 aromatic rings. The molecule has 6 heteroatoms. The van der Waals surface area contributed by atoms with Crippen molar-refractivity contribution < 1.29 is 13.2 Å². The van der Waals surface area contributed by atoms with Gasteiger partial charge in [-0.1, -0.05) is 18.2 Å². The Bertz CT molecular complexity index is 535. The molecule has 0 aromatic heterocycles. The van der Waals surface area contributed by atoms with Crippen molar-refractivity contribution >= 4 is 10.0 Å². The van der Waals surface area contributed by atoms with Crippen LogP contribution in [0.4, 0.5) is 0 Å². The molecule has 2 rings (SSSR count). The molecule has 19 heavy (non-hydrogen) atoms. The lowest BCUT2D eigenvalue weighted by atomic mass is 10.2. The van der Waals surface area contributed by atoms with E-state index in [1.807, 2.05) is 13.8 Å². The van der Waals surface area contributed by atoms with Crippen LogP contribution in [0.25, 0.3) is 0 Å². The number of ether oxygens (including phenoxy) is 1. The molecule has 0 aliphatic carbocycles. The molecular formula is C13H20N2O3S. The van der Waals surface area contributed by atoms with Gasteiger partial charge in [0.2, 0.25) is 10.0 Å². The van der Waals surface area contributed by atoms with Gasteiger partial charge in [-0.25, -0.2) is 8.42 Å². The Balaban J connectivity index is 2.36. The maximum atomic E-state index is 12.7. The monoisotopic (exact) mass is 284 g/mol. The zero-order chi connectivity index (χ0) is 14.0. The highest BCUT2D eigenvalue weighted by Gasteiger charge is 2.33. The molecular weight excluding hydrogens is 264 g/mol. The Labute approximate surface area is 114 Å². The number of hydrogen-bond acceptors (Lipinski definition) is 4. The number of benzene rings is 1. The average molecular weight is 284 g/mol. The Morgan fingerprint density at radius 1 is 1.26 bits per heavy atom. The van der Waals surface area contributed by atoms with Gasteiger partial charge in [-0.05, 0) is 25.5 Å². The number of sulfonamides is 1. The van der Waals surface area contributed by atoms with Crippen molar-refractivity contribution in [3.05, 3.63) is 29.8 Å². The average Bonchev–Trinajstić information content (AvgIpc) is 2.37. The van der Waals surface area contributed by atoms with Crippen molar-refractivity contribution in [3.8, 4) is 0 Å². The van der Waals surface area contributed by atoms with Crippen LogP contribution in [0.5, 0.6) is 0 Å². The van der Waals surface area contributed by atoms with Crippen LogP contribution in [-0.4, -0.2) is 38.0 Å². The summed E-state index contributed by atoms with van der Waals surface area (Å²) >= 11 is 0. The Morgan fingerprint density at radius 2 is 1.84 bits per heavy atom. The SMILES string of the molecule is CC1CN(S(=O)(=O)c2ccccc2CN)CC(C)O1. The Hall–Kier alpha value is -0.950. The fourth-order valence-corrected chi connectivity index (χ4v) is 4.21. The molecule has 0 bridgehead atoms. The van der Waals surface area contributed by atoms with E-state index in [0.29, 0.717) is 23.5 Å². The van der Waals surface area contributed by atoms with E-state index in [2.05, 4.69) is 0 Å². The van der Waals surface area contributed by atoms with E-state index in [-0.39, 0.29) is 18.8 Å². The normalized spacial score (nSPS) is 25.4. The fourth-order valence-electron chi connectivity index (χ4n) is 2.39. The van der Waals surface area contributed by atoms with Gasteiger partial charge in [-0.3, -0.25) is 0 Å². The molecule has 2 unspecified atom stereocenters. The molecule has 1 heterocycles. The van der Waals surface area contributed by atoms with Crippen molar-refractivity contribution in [2.45, 2.75) is 37.5 Å². The number of rotatable bonds is 3. The lowest BCUT2D eigenvalue weighted by Gasteiger charge is -2.34. The third-order valence-electron chi connectivity index (χ3n) is 3.20. The molecule has 0 amide bonds. The van der Waals surface area contributed by atoms with E-state index < -0.39 is 10.0 Å². The van der Waals surface area contributed by atoms with Gasteiger partial charge < -0.3 is 10.5 Å². The van der Waals surface area contributed by atoms with Gasteiger partial charge in [0.25, 0.3) is 0 Å². The van der Waals surface area contributed by atoms with E-state index in [0.717, 1.165) is 0 Å². The van der Waals surface area contributed by atoms with E-state index in [4.69, 9.17) is 10.5 Å². The molecule has 106 valence electrons. The van der Waals surface area contributed by atoms with Gasteiger partial charge >= 0.3 is 0 Å². The first-order valence-corrected chi connectivity index (χ1v) is 7.82. The first kappa shape index (κ1) is 14.5. The van der Waals surface area contributed by atoms with Crippen LogP contribution in [0.2, 0.25) is 0 Å². The van der Waals surface area contributed by atoms with Crippen LogP contribution >= 0.6 is 0 Å². The summed E-state index contributed by atoms with van der Waals surface area (Å²) in [6.45, 7) is 4.74. The van der Waals surface area contributed by atoms with Crippen molar-refractivity contribution in [1.29, 1.82) is 0 Å². The van der Waals surface area contributed by atoms with Crippen LogP contribution in [0.3, 0.4) is 0 Å². The van der Waals surface area contributed by atoms with E-state index in [1.165, 1.54) is 4.31 Å². The minimum Gasteiger partial charge on any atom is -0.373 e. The van der Waals surface area contributed by atoms with Crippen molar-refractivity contribution in [3.63, 3.8) is 0 Å². The topological polar surface area (TPSA) is 72.6 Å².